The molecule has 1 aromatic heterocycles. The molecule has 6 heteroatoms. The van der Waals surface area contributed by atoms with Crippen molar-refractivity contribution < 1.29 is 13.9 Å². The molecule has 1 aliphatic rings. The highest BCUT2D eigenvalue weighted by atomic mass is 19.1. The van der Waals surface area contributed by atoms with E-state index >= 15 is 0 Å². The van der Waals surface area contributed by atoms with Gasteiger partial charge in [-0.3, -0.25) is 4.79 Å². The Kier molecular flexibility index (Phi) is 4.56. The van der Waals surface area contributed by atoms with Gasteiger partial charge in [0, 0.05) is 43.6 Å². The Hall–Kier alpha value is -2.34. The van der Waals surface area contributed by atoms with Crippen LogP contribution in [-0.4, -0.2) is 46.6 Å². The molecule has 1 heterocycles. The van der Waals surface area contributed by atoms with Crippen LogP contribution in [0.25, 0.3) is 11.1 Å². The third kappa shape index (κ3) is 2.78. The number of ether oxygens (including phenoxy) is 1. The van der Waals surface area contributed by atoms with Crippen molar-refractivity contribution in [2.75, 3.05) is 14.2 Å². The normalized spacial score (nSPS) is 24.0. The molecule has 0 aliphatic heterocycles. The molecule has 26 heavy (non-hydrogen) atoms. The van der Waals surface area contributed by atoms with Crippen molar-refractivity contribution >= 4 is 5.91 Å². The quantitative estimate of drug-likeness (QED) is 0.840. The van der Waals surface area contributed by atoms with Gasteiger partial charge in [0.1, 0.15) is 12.1 Å². The number of amides is 1. The fourth-order valence-electron chi connectivity index (χ4n) is 3.72. The lowest BCUT2D eigenvalue weighted by molar-refractivity contribution is -0.198. The largest absolute Gasteiger partial charge is 0.378 e. The van der Waals surface area contributed by atoms with Gasteiger partial charge < -0.3 is 9.64 Å². The first kappa shape index (κ1) is 18.5. The highest BCUT2D eigenvalue weighted by Gasteiger charge is 2.59. The number of aromatic nitrogens is 2. The van der Waals surface area contributed by atoms with E-state index in [1.165, 1.54) is 18.5 Å². The number of hydrogen-bond donors (Lipinski definition) is 0. The van der Waals surface area contributed by atoms with Crippen LogP contribution < -0.4 is 0 Å². The van der Waals surface area contributed by atoms with E-state index in [0.29, 0.717) is 11.1 Å². The van der Waals surface area contributed by atoms with Gasteiger partial charge in [0.05, 0.1) is 11.2 Å². The molecular weight excluding hydrogens is 333 g/mol. The molecule has 5 nitrogen and oxygen atoms in total. The monoisotopic (exact) mass is 357 g/mol. The number of carbonyl (C=O) groups is 1. The Bertz CT molecular complexity index is 825. The molecule has 0 N–H and O–H groups in total. The third-order valence-electron chi connectivity index (χ3n) is 6.11. The van der Waals surface area contributed by atoms with Gasteiger partial charge in [-0.05, 0) is 31.0 Å². The molecule has 1 aromatic carbocycles. The summed E-state index contributed by atoms with van der Waals surface area (Å²) >= 11 is 0. The second kappa shape index (κ2) is 6.43. The van der Waals surface area contributed by atoms with Crippen molar-refractivity contribution in [2.24, 2.45) is 5.41 Å². The first-order valence-corrected chi connectivity index (χ1v) is 8.58. The van der Waals surface area contributed by atoms with Crippen molar-refractivity contribution in [1.29, 1.82) is 0 Å². The van der Waals surface area contributed by atoms with Crippen LogP contribution in [0, 0.1) is 11.2 Å². The number of halogens is 1. The van der Waals surface area contributed by atoms with Gasteiger partial charge in [0.2, 0.25) is 0 Å². The van der Waals surface area contributed by atoms with Crippen LogP contribution in [0.5, 0.6) is 0 Å². The SMILES string of the molecule is COC1(C)CC(N(C)C(=O)c2ccc(-c3cncnc3)cc2F)C1(C)C. The Balaban J connectivity index is 1.82. The predicted molar refractivity (Wildman–Crippen MR) is 97.1 cm³/mol. The maximum atomic E-state index is 14.6. The van der Waals surface area contributed by atoms with Crippen LogP contribution in [-0.2, 0) is 4.74 Å². The number of carbonyl (C=O) groups excluding carboxylic acids is 1. The van der Waals surface area contributed by atoms with Crippen LogP contribution in [0.2, 0.25) is 0 Å². The summed E-state index contributed by atoms with van der Waals surface area (Å²) < 4.78 is 20.2. The van der Waals surface area contributed by atoms with Crippen molar-refractivity contribution in [3.8, 4) is 11.1 Å². The Morgan fingerprint density at radius 2 is 1.88 bits per heavy atom. The Morgan fingerprint density at radius 1 is 1.23 bits per heavy atom. The zero-order valence-electron chi connectivity index (χ0n) is 15.8. The molecule has 0 radical (unpaired) electrons. The highest BCUT2D eigenvalue weighted by Crippen LogP contribution is 2.53. The maximum Gasteiger partial charge on any atom is 0.256 e. The zero-order valence-corrected chi connectivity index (χ0v) is 15.8. The lowest BCUT2D eigenvalue weighted by atomic mass is 9.55. The fourth-order valence-corrected chi connectivity index (χ4v) is 3.72. The minimum absolute atomic E-state index is 0.0125. The number of hydrogen-bond acceptors (Lipinski definition) is 4. The molecule has 2 unspecified atom stereocenters. The van der Waals surface area contributed by atoms with E-state index in [1.54, 1.807) is 37.5 Å². The molecule has 0 saturated heterocycles. The molecule has 1 fully saturated rings. The average Bonchev–Trinajstić information content (AvgIpc) is 2.65. The van der Waals surface area contributed by atoms with Crippen LogP contribution >= 0.6 is 0 Å². The highest BCUT2D eigenvalue weighted by molar-refractivity contribution is 5.95. The van der Waals surface area contributed by atoms with E-state index in [2.05, 4.69) is 23.8 Å². The molecule has 2 aromatic rings. The summed E-state index contributed by atoms with van der Waals surface area (Å²) in [4.78, 5) is 22.4. The van der Waals surface area contributed by atoms with E-state index in [-0.39, 0.29) is 28.5 Å². The molecule has 2 atom stereocenters. The van der Waals surface area contributed by atoms with Crippen molar-refractivity contribution in [3.05, 3.63) is 48.3 Å². The molecule has 0 bridgehead atoms. The molecule has 1 amide bonds. The summed E-state index contributed by atoms with van der Waals surface area (Å²) in [6.45, 7) is 6.19. The molecule has 138 valence electrons. The number of benzene rings is 1. The summed E-state index contributed by atoms with van der Waals surface area (Å²) in [5, 5.41) is 0. The van der Waals surface area contributed by atoms with Crippen LogP contribution in [0.3, 0.4) is 0 Å². The smallest absolute Gasteiger partial charge is 0.256 e. The van der Waals surface area contributed by atoms with E-state index in [9.17, 15) is 9.18 Å². The van der Waals surface area contributed by atoms with Crippen LogP contribution in [0.4, 0.5) is 4.39 Å². The van der Waals surface area contributed by atoms with Gasteiger partial charge in [-0.15, -0.1) is 0 Å². The maximum absolute atomic E-state index is 14.6. The van der Waals surface area contributed by atoms with Crippen molar-refractivity contribution in [1.82, 2.24) is 14.9 Å². The Labute approximate surface area is 153 Å². The van der Waals surface area contributed by atoms with Gasteiger partial charge in [-0.1, -0.05) is 19.9 Å². The topological polar surface area (TPSA) is 55.3 Å². The van der Waals surface area contributed by atoms with Crippen LogP contribution in [0.1, 0.15) is 37.6 Å². The zero-order chi connectivity index (χ0) is 19.1. The molecule has 1 aliphatic carbocycles. The van der Waals surface area contributed by atoms with E-state index in [1.807, 2.05) is 6.92 Å². The molecule has 1 saturated carbocycles. The van der Waals surface area contributed by atoms with Crippen LogP contribution in [0.15, 0.2) is 36.9 Å². The van der Waals surface area contributed by atoms with Gasteiger partial charge in [0.25, 0.3) is 5.91 Å². The van der Waals surface area contributed by atoms with Crippen molar-refractivity contribution in [2.45, 2.75) is 38.8 Å². The number of rotatable bonds is 4. The number of methoxy groups -OCH3 is 1. The lowest BCUT2D eigenvalue weighted by Crippen LogP contribution is -2.68. The van der Waals surface area contributed by atoms with E-state index in [4.69, 9.17) is 4.74 Å². The standard InChI is InChI=1S/C20H24FN3O2/c1-19(2)17(9-20(19,3)26-5)24(4)18(25)15-7-6-13(8-16(15)21)14-10-22-12-23-11-14/h6-8,10-12,17H,9H2,1-5H3. The summed E-state index contributed by atoms with van der Waals surface area (Å²) in [5.41, 5.74) is 0.897. The minimum Gasteiger partial charge on any atom is -0.378 e. The molecule has 0 spiro atoms. The lowest BCUT2D eigenvalue weighted by Gasteiger charge is -2.61. The minimum atomic E-state index is -0.546. The second-order valence-corrected chi connectivity index (χ2v) is 7.61. The van der Waals surface area contributed by atoms with Gasteiger partial charge in [-0.25, -0.2) is 14.4 Å². The van der Waals surface area contributed by atoms with Gasteiger partial charge in [-0.2, -0.15) is 0 Å². The summed E-state index contributed by atoms with van der Waals surface area (Å²) in [7, 11) is 3.41. The second-order valence-electron chi connectivity index (χ2n) is 7.61. The first-order chi connectivity index (χ1) is 12.2. The third-order valence-corrected chi connectivity index (χ3v) is 6.11. The first-order valence-electron chi connectivity index (χ1n) is 8.58. The molecular formula is C20H24FN3O2. The summed E-state index contributed by atoms with van der Waals surface area (Å²) in [6, 6.07) is 4.58. The Morgan fingerprint density at radius 3 is 2.42 bits per heavy atom. The van der Waals surface area contributed by atoms with E-state index < -0.39 is 5.82 Å². The summed E-state index contributed by atoms with van der Waals surface area (Å²) in [5.74, 6) is -0.871. The predicted octanol–water partition coefficient (Wildman–Crippen LogP) is 3.56. The van der Waals surface area contributed by atoms with E-state index in [0.717, 1.165) is 6.42 Å². The average molecular weight is 357 g/mol. The summed E-state index contributed by atoms with van der Waals surface area (Å²) in [6.07, 6.45) is 5.36. The van der Waals surface area contributed by atoms with Gasteiger partial charge >= 0.3 is 0 Å². The number of nitrogens with zero attached hydrogens (tertiary/aromatic N) is 3. The fraction of sp³-hybridized carbons (Fsp3) is 0.450. The van der Waals surface area contributed by atoms with Gasteiger partial charge in [0.15, 0.2) is 0 Å². The molecule has 3 rings (SSSR count). The van der Waals surface area contributed by atoms with Crippen molar-refractivity contribution in [3.63, 3.8) is 0 Å².